The number of ether oxygens (including phenoxy) is 1. The summed E-state index contributed by atoms with van der Waals surface area (Å²) in [4.78, 5) is 66.9. The van der Waals surface area contributed by atoms with Crippen LogP contribution in [0.1, 0.15) is 104 Å². The monoisotopic (exact) mass is 799 g/mol. The highest BCUT2D eigenvalue weighted by Crippen LogP contribution is 2.39. The molecule has 0 bridgehead atoms. The number of carbonyl (C=O) groups is 4. The van der Waals surface area contributed by atoms with Gasteiger partial charge in [0, 0.05) is 24.4 Å². The first-order chi connectivity index (χ1) is 27.5. The van der Waals surface area contributed by atoms with Crippen LogP contribution in [0.3, 0.4) is 0 Å². The first-order valence-corrected chi connectivity index (χ1v) is 20.7. The SMILES string of the molecule is C=C/C=C\C(=C)OC(=O)CN(NC(=O)C(CCCCNC(=O)C1CCCC(C2CCCC2)CC1)NC(=O)C1CCN(C)CC1)c1ccccc1[N+](=O)[O-].CC.CF. The number of carbonyl (C=O) groups excluding carboxylic acids is 4. The molecule has 3 unspecified atom stereocenters. The average Bonchev–Trinajstić information content (AvgIpc) is 3.65. The number of nitrogens with zero attached hydrogens (tertiary/aromatic N) is 3. The lowest BCUT2D eigenvalue weighted by Crippen LogP contribution is -2.55. The number of nitrogens with one attached hydrogen (secondary N) is 3. The third kappa shape index (κ3) is 16.8. The number of hydrogen-bond donors (Lipinski definition) is 3. The van der Waals surface area contributed by atoms with Crippen LogP contribution in [0.2, 0.25) is 0 Å². The molecule has 0 spiro atoms. The molecule has 2 aliphatic carbocycles. The van der Waals surface area contributed by atoms with Gasteiger partial charge in [0.1, 0.15) is 24.0 Å². The van der Waals surface area contributed by atoms with E-state index < -0.39 is 29.4 Å². The number of unbranched alkanes of at least 4 members (excludes halogenated alkanes) is 1. The van der Waals surface area contributed by atoms with Crippen molar-refractivity contribution >= 4 is 35.1 Å². The van der Waals surface area contributed by atoms with E-state index in [0.29, 0.717) is 39.4 Å². The number of anilines is 1. The molecule has 3 aliphatic rings. The van der Waals surface area contributed by atoms with E-state index in [1.54, 1.807) is 6.07 Å². The van der Waals surface area contributed by atoms with Crippen LogP contribution in [0.5, 0.6) is 0 Å². The topological polar surface area (TPSA) is 163 Å². The largest absolute Gasteiger partial charge is 0.426 e. The Balaban J connectivity index is 0.00000271. The van der Waals surface area contributed by atoms with Gasteiger partial charge in [0.15, 0.2) is 0 Å². The zero-order valence-electron chi connectivity index (χ0n) is 34.6. The summed E-state index contributed by atoms with van der Waals surface area (Å²) in [5.41, 5.74) is 2.28. The van der Waals surface area contributed by atoms with E-state index >= 15 is 0 Å². The quantitative estimate of drug-likeness (QED) is 0.0262. The number of para-hydroxylation sites is 2. The van der Waals surface area contributed by atoms with Gasteiger partial charge in [-0.15, -0.1) is 0 Å². The van der Waals surface area contributed by atoms with E-state index in [4.69, 9.17) is 4.74 Å². The number of allylic oxidation sites excluding steroid dienone is 3. The van der Waals surface area contributed by atoms with Crippen LogP contribution in [0, 0.1) is 33.8 Å². The standard InChI is InChI=1S/C40H58N6O7.C2H6.CH3F/c1-4-5-13-29(2)53-37(47)28-45(35-19-8-9-20-36(35)46(51)52)43-40(50)34(42-39(49)33-23-26-44(3)27-24-33)18-10-11-25-41-38(48)32-17-12-16-31(21-22-32)30-14-6-7-15-30;2*1-2/h4-5,8-9,13,19-20,30-34H,1-2,6-7,10-12,14-18,21-28H2,3H3,(H,41,48)(H,42,49)(H,43,50);1-2H3;1H3/b13-5-;;. The van der Waals surface area contributed by atoms with Crippen molar-refractivity contribution in [2.24, 2.45) is 23.7 Å². The van der Waals surface area contributed by atoms with Crippen LogP contribution in [-0.4, -0.2) is 80.0 Å². The van der Waals surface area contributed by atoms with E-state index in [2.05, 4.69) is 34.1 Å². The molecule has 3 amide bonds. The molecule has 2 saturated carbocycles. The molecule has 0 radical (unpaired) electrons. The Kier molecular flexibility index (Phi) is 23.1. The van der Waals surface area contributed by atoms with E-state index in [1.165, 1.54) is 68.5 Å². The number of rotatable bonds is 18. The highest BCUT2D eigenvalue weighted by atomic mass is 19.1. The summed E-state index contributed by atoms with van der Waals surface area (Å²) >= 11 is 0. The number of benzene rings is 1. The van der Waals surface area contributed by atoms with Gasteiger partial charge in [-0.1, -0.05) is 89.8 Å². The summed E-state index contributed by atoms with van der Waals surface area (Å²) in [5.74, 6) is -0.240. The minimum absolute atomic E-state index is 0.0198. The van der Waals surface area contributed by atoms with E-state index in [9.17, 15) is 33.7 Å². The number of nitro groups is 1. The summed E-state index contributed by atoms with van der Waals surface area (Å²) in [5, 5.41) is 19.0. The van der Waals surface area contributed by atoms with E-state index in [1.807, 2.05) is 20.9 Å². The maximum atomic E-state index is 13.9. The molecule has 1 aromatic carbocycles. The fraction of sp³-hybridized carbons (Fsp3) is 0.628. The van der Waals surface area contributed by atoms with Crippen molar-refractivity contribution in [1.29, 1.82) is 0 Å². The predicted octanol–water partition coefficient (Wildman–Crippen LogP) is 7.34. The zero-order valence-corrected chi connectivity index (χ0v) is 34.6. The molecule has 1 heterocycles. The molecule has 1 aromatic rings. The average molecular weight is 799 g/mol. The van der Waals surface area contributed by atoms with Crippen LogP contribution in [0.25, 0.3) is 0 Å². The summed E-state index contributed by atoms with van der Waals surface area (Å²) in [6.07, 6.45) is 17.8. The minimum atomic E-state index is -1.00. The summed E-state index contributed by atoms with van der Waals surface area (Å²) in [6, 6.07) is 4.71. The van der Waals surface area contributed by atoms with Crippen LogP contribution < -0.4 is 21.1 Å². The van der Waals surface area contributed by atoms with Crippen molar-refractivity contribution in [3.63, 3.8) is 0 Å². The maximum absolute atomic E-state index is 13.9. The number of piperidine rings is 1. The van der Waals surface area contributed by atoms with E-state index in [0.717, 1.165) is 55.6 Å². The lowest BCUT2D eigenvalue weighted by atomic mass is 9.85. The molecule has 57 heavy (non-hydrogen) atoms. The highest BCUT2D eigenvalue weighted by Gasteiger charge is 2.32. The lowest BCUT2D eigenvalue weighted by Gasteiger charge is -2.30. The van der Waals surface area contributed by atoms with Gasteiger partial charge in [-0.2, -0.15) is 0 Å². The molecule has 4 rings (SSSR count). The third-order valence-corrected chi connectivity index (χ3v) is 11.0. The molecule has 1 saturated heterocycles. The predicted molar refractivity (Wildman–Crippen MR) is 223 cm³/mol. The third-order valence-electron chi connectivity index (χ3n) is 11.0. The van der Waals surface area contributed by atoms with Gasteiger partial charge in [0.25, 0.3) is 11.6 Å². The van der Waals surface area contributed by atoms with Crippen LogP contribution in [0.4, 0.5) is 15.8 Å². The van der Waals surface area contributed by atoms with Gasteiger partial charge < -0.3 is 20.3 Å². The molecule has 0 aromatic heterocycles. The number of hydrazine groups is 1. The normalized spacial score (nSPS) is 19.3. The molecular formula is C43H67FN6O7. The Morgan fingerprint density at radius 2 is 1.58 bits per heavy atom. The second kappa shape index (κ2) is 27.1. The maximum Gasteiger partial charge on any atom is 0.333 e. The van der Waals surface area contributed by atoms with Gasteiger partial charge >= 0.3 is 5.97 Å². The van der Waals surface area contributed by atoms with Crippen molar-refractivity contribution in [3.8, 4) is 0 Å². The molecular weight excluding hydrogens is 732 g/mol. The van der Waals surface area contributed by atoms with Crippen molar-refractivity contribution < 1.29 is 33.2 Å². The summed E-state index contributed by atoms with van der Waals surface area (Å²) in [7, 11) is 2.50. The molecule has 3 N–H and O–H groups in total. The molecule has 3 fully saturated rings. The number of halogens is 1. The second-order valence-electron chi connectivity index (χ2n) is 14.8. The van der Waals surface area contributed by atoms with Gasteiger partial charge in [-0.25, -0.2) is 4.79 Å². The van der Waals surface area contributed by atoms with Gasteiger partial charge in [-0.05, 0) is 95.5 Å². The Labute approximate surface area is 339 Å². The lowest BCUT2D eigenvalue weighted by molar-refractivity contribution is -0.384. The summed E-state index contributed by atoms with van der Waals surface area (Å²) in [6.45, 7) is 12.6. The van der Waals surface area contributed by atoms with Crippen molar-refractivity contribution in [1.82, 2.24) is 21.0 Å². The Hall–Kier alpha value is -4.59. The fourth-order valence-electron chi connectivity index (χ4n) is 7.91. The second-order valence-corrected chi connectivity index (χ2v) is 14.8. The molecule has 318 valence electrons. The van der Waals surface area contributed by atoms with Gasteiger partial charge in [0.2, 0.25) is 11.8 Å². The minimum Gasteiger partial charge on any atom is -0.426 e. The smallest absolute Gasteiger partial charge is 0.333 e. The Bertz CT molecular complexity index is 1480. The van der Waals surface area contributed by atoms with Crippen molar-refractivity contribution in [2.75, 3.05) is 45.4 Å². The Morgan fingerprint density at radius 3 is 2.25 bits per heavy atom. The van der Waals surface area contributed by atoms with Gasteiger partial charge in [-0.3, -0.25) is 39.3 Å². The number of likely N-dealkylation sites (tertiary alicyclic amines) is 1. The zero-order chi connectivity index (χ0) is 42.2. The van der Waals surface area contributed by atoms with E-state index in [-0.39, 0.29) is 47.2 Å². The molecule has 13 nitrogen and oxygen atoms in total. The van der Waals surface area contributed by atoms with Crippen molar-refractivity contribution in [3.05, 3.63) is 71.5 Å². The molecule has 3 atom stereocenters. The fourth-order valence-corrected chi connectivity index (χ4v) is 7.91. The Morgan fingerprint density at radius 1 is 0.947 bits per heavy atom. The molecule has 14 heteroatoms. The first-order valence-electron chi connectivity index (χ1n) is 20.7. The molecule has 1 aliphatic heterocycles. The van der Waals surface area contributed by atoms with Crippen LogP contribution in [-0.2, 0) is 23.9 Å². The number of amides is 3. The van der Waals surface area contributed by atoms with Crippen molar-refractivity contribution in [2.45, 2.75) is 110 Å². The van der Waals surface area contributed by atoms with Crippen LogP contribution in [0.15, 0.2) is 61.4 Å². The van der Waals surface area contributed by atoms with Crippen LogP contribution >= 0.6 is 0 Å². The number of nitro benzene ring substituents is 1. The van der Waals surface area contributed by atoms with Gasteiger partial charge in [0.05, 0.1) is 12.1 Å². The number of esters is 1. The summed E-state index contributed by atoms with van der Waals surface area (Å²) < 4.78 is 14.8. The number of alkyl halides is 1. The highest BCUT2D eigenvalue weighted by molar-refractivity contribution is 5.90. The number of hydrogen-bond acceptors (Lipinski definition) is 9. The first kappa shape index (κ1) is 48.6.